The summed E-state index contributed by atoms with van der Waals surface area (Å²) < 4.78 is 5.20. The molecule has 0 unspecified atom stereocenters. The molecule has 2 aromatic heterocycles. The molecule has 3 aromatic rings. The van der Waals surface area contributed by atoms with Crippen LogP contribution >= 0.6 is 11.3 Å². The maximum atomic E-state index is 12.2. The first-order chi connectivity index (χ1) is 13.1. The van der Waals surface area contributed by atoms with Gasteiger partial charge in [-0.05, 0) is 48.9 Å². The highest BCUT2D eigenvalue weighted by Gasteiger charge is 2.08. The lowest BCUT2D eigenvalue weighted by Gasteiger charge is -2.09. The van der Waals surface area contributed by atoms with Gasteiger partial charge in [-0.15, -0.1) is 11.3 Å². The molecule has 3 rings (SSSR count). The summed E-state index contributed by atoms with van der Waals surface area (Å²) in [5, 5.41) is 8.43. The van der Waals surface area contributed by atoms with Gasteiger partial charge in [-0.3, -0.25) is 4.79 Å². The minimum atomic E-state index is -0.242. The molecule has 0 bridgehead atoms. The molecular weight excluding hydrogens is 362 g/mol. The van der Waals surface area contributed by atoms with E-state index in [9.17, 15) is 9.59 Å². The first kappa shape index (κ1) is 18.7. The first-order valence-corrected chi connectivity index (χ1v) is 9.38. The van der Waals surface area contributed by atoms with Gasteiger partial charge in [0.1, 0.15) is 5.76 Å². The zero-order chi connectivity index (χ0) is 19.1. The van der Waals surface area contributed by atoms with E-state index in [1.54, 1.807) is 47.9 Å². The Morgan fingerprint density at radius 3 is 2.56 bits per heavy atom. The van der Waals surface area contributed by atoms with Gasteiger partial charge in [0.05, 0.1) is 19.4 Å². The van der Waals surface area contributed by atoms with E-state index in [1.807, 2.05) is 25.1 Å². The van der Waals surface area contributed by atoms with Crippen molar-refractivity contribution in [3.63, 3.8) is 0 Å². The minimum Gasteiger partial charge on any atom is -0.467 e. The first-order valence-electron chi connectivity index (χ1n) is 8.57. The summed E-state index contributed by atoms with van der Waals surface area (Å²) >= 11 is 1.66. The van der Waals surface area contributed by atoms with E-state index in [2.05, 4.69) is 16.0 Å². The molecule has 0 aliphatic heterocycles. The molecule has 0 fully saturated rings. The summed E-state index contributed by atoms with van der Waals surface area (Å²) in [6.45, 7) is 3.21. The topological polar surface area (TPSA) is 83.4 Å². The molecule has 0 radical (unpaired) electrons. The van der Waals surface area contributed by atoms with Crippen LogP contribution in [0.25, 0.3) is 0 Å². The molecule has 1 aromatic carbocycles. The monoisotopic (exact) mass is 383 g/mol. The Balaban J connectivity index is 1.46. The lowest BCUT2D eigenvalue weighted by Crippen LogP contribution is -2.34. The van der Waals surface area contributed by atoms with Crippen LogP contribution < -0.4 is 16.0 Å². The van der Waals surface area contributed by atoms with Gasteiger partial charge in [0.15, 0.2) is 0 Å². The van der Waals surface area contributed by atoms with Crippen molar-refractivity contribution < 1.29 is 14.0 Å². The number of rotatable bonds is 7. The van der Waals surface area contributed by atoms with Crippen LogP contribution in [0.15, 0.2) is 59.2 Å². The third-order valence-electron chi connectivity index (χ3n) is 3.86. The number of furan rings is 1. The van der Waals surface area contributed by atoms with Crippen molar-refractivity contribution in [2.75, 3.05) is 0 Å². The van der Waals surface area contributed by atoms with Crippen LogP contribution in [0.1, 0.15) is 31.4 Å². The Morgan fingerprint density at radius 1 is 0.963 bits per heavy atom. The Morgan fingerprint density at radius 2 is 1.81 bits per heavy atom. The fraction of sp³-hybridized carbons (Fsp3) is 0.200. The van der Waals surface area contributed by atoms with Crippen molar-refractivity contribution in [1.82, 2.24) is 16.0 Å². The van der Waals surface area contributed by atoms with Crippen molar-refractivity contribution in [2.45, 2.75) is 26.6 Å². The SMILES string of the molecule is Cc1ccc(CNC(=O)NCc2cccc(C(=O)NCc3ccco3)c2)s1. The van der Waals surface area contributed by atoms with Gasteiger partial charge in [-0.25, -0.2) is 4.79 Å². The van der Waals surface area contributed by atoms with Crippen molar-refractivity contribution in [2.24, 2.45) is 0 Å². The zero-order valence-electron chi connectivity index (χ0n) is 15.0. The number of carbonyl (C=O) groups is 2. The largest absolute Gasteiger partial charge is 0.467 e. The van der Waals surface area contributed by atoms with E-state index in [0.717, 1.165) is 10.4 Å². The number of hydrogen-bond donors (Lipinski definition) is 3. The van der Waals surface area contributed by atoms with Gasteiger partial charge in [0.25, 0.3) is 5.91 Å². The number of thiophene rings is 1. The fourth-order valence-corrected chi connectivity index (χ4v) is 3.33. The van der Waals surface area contributed by atoms with E-state index in [-0.39, 0.29) is 11.9 Å². The summed E-state index contributed by atoms with van der Waals surface area (Å²) in [5.74, 6) is 0.504. The summed E-state index contributed by atoms with van der Waals surface area (Å²) in [6.07, 6.45) is 1.57. The predicted molar refractivity (Wildman–Crippen MR) is 104 cm³/mol. The third-order valence-corrected chi connectivity index (χ3v) is 4.87. The average molecular weight is 383 g/mol. The number of urea groups is 1. The number of hydrogen-bond acceptors (Lipinski definition) is 4. The van der Waals surface area contributed by atoms with Crippen LogP contribution in [0.2, 0.25) is 0 Å². The molecular formula is C20H21N3O3S. The predicted octanol–water partition coefficient (Wildman–Crippen LogP) is 3.58. The quantitative estimate of drug-likeness (QED) is 0.583. The lowest BCUT2D eigenvalue weighted by atomic mass is 10.1. The number of benzene rings is 1. The molecule has 3 N–H and O–H groups in total. The Kier molecular flexibility index (Phi) is 6.27. The molecule has 0 atom stereocenters. The molecule has 2 heterocycles. The lowest BCUT2D eigenvalue weighted by molar-refractivity contribution is 0.0948. The van der Waals surface area contributed by atoms with Crippen LogP contribution in [0, 0.1) is 6.92 Å². The van der Waals surface area contributed by atoms with Gasteiger partial charge in [-0.2, -0.15) is 0 Å². The van der Waals surface area contributed by atoms with Crippen LogP contribution in [-0.2, 0) is 19.6 Å². The van der Waals surface area contributed by atoms with E-state index in [0.29, 0.717) is 31.0 Å². The standard InChI is InChI=1S/C20H21N3O3S/c1-14-7-8-18(27-14)13-23-20(25)22-11-15-4-2-5-16(10-15)19(24)21-12-17-6-3-9-26-17/h2-10H,11-13H2,1H3,(H,21,24)(H2,22,23,25). The van der Waals surface area contributed by atoms with Crippen molar-refractivity contribution >= 4 is 23.3 Å². The van der Waals surface area contributed by atoms with Gasteiger partial charge in [-0.1, -0.05) is 12.1 Å². The Hall–Kier alpha value is -3.06. The average Bonchev–Trinajstić information content (AvgIpc) is 3.34. The van der Waals surface area contributed by atoms with Gasteiger partial charge >= 0.3 is 6.03 Å². The maximum Gasteiger partial charge on any atom is 0.315 e. The minimum absolute atomic E-state index is 0.189. The van der Waals surface area contributed by atoms with Crippen molar-refractivity contribution in [3.05, 3.63) is 81.4 Å². The second-order valence-electron chi connectivity index (χ2n) is 6.01. The maximum absolute atomic E-state index is 12.2. The molecule has 0 spiro atoms. The van der Waals surface area contributed by atoms with Crippen LogP contribution in [0.3, 0.4) is 0 Å². The second-order valence-corrected chi connectivity index (χ2v) is 7.38. The van der Waals surface area contributed by atoms with E-state index < -0.39 is 0 Å². The molecule has 27 heavy (non-hydrogen) atoms. The highest BCUT2D eigenvalue weighted by Crippen LogP contribution is 2.14. The number of aryl methyl sites for hydroxylation is 1. The van der Waals surface area contributed by atoms with Crippen LogP contribution in [0.5, 0.6) is 0 Å². The summed E-state index contributed by atoms with van der Waals surface area (Å²) in [5.41, 5.74) is 1.39. The van der Waals surface area contributed by atoms with Crippen molar-refractivity contribution in [3.8, 4) is 0 Å². The van der Waals surface area contributed by atoms with E-state index >= 15 is 0 Å². The second kappa shape index (κ2) is 9.05. The molecule has 0 aliphatic carbocycles. The molecule has 0 saturated carbocycles. The van der Waals surface area contributed by atoms with Gasteiger partial charge in [0, 0.05) is 21.9 Å². The Bertz CT molecular complexity index is 903. The van der Waals surface area contributed by atoms with Crippen LogP contribution in [-0.4, -0.2) is 11.9 Å². The fourth-order valence-electron chi connectivity index (χ4n) is 2.50. The van der Waals surface area contributed by atoms with Crippen molar-refractivity contribution in [1.29, 1.82) is 0 Å². The molecule has 0 aliphatic rings. The molecule has 140 valence electrons. The highest BCUT2D eigenvalue weighted by atomic mass is 32.1. The molecule has 6 nitrogen and oxygen atoms in total. The molecule has 0 saturated heterocycles. The molecule has 3 amide bonds. The smallest absolute Gasteiger partial charge is 0.315 e. The van der Waals surface area contributed by atoms with Gasteiger partial charge < -0.3 is 20.4 Å². The number of carbonyl (C=O) groups excluding carboxylic acids is 2. The van der Waals surface area contributed by atoms with Crippen LogP contribution in [0.4, 0.5) is 4.79 Å². The summed E-state index contributed by atoms with van der Waals surface area (Å²) in [6, 6.07) is 14.5. The third kappa shape index (κ3) is 5.72. The normalized spacial score (nSPS) is 10.4. The van der Waals surface area contributed by atoms with E-state index in [4.69, 9.17) is 4.42 Å². The van der Waals surface area contributed by atoms with Gasteiger partial charge in [0.2, 0.25) is 0 Å². The highest BCUT2D eigenvalue weighted by molar-refractivity contribution is 7.11. The Labute approximate surface area is 161 Å². The summed E-state index contributed by atoms with van der Waals surface area (Å²) in [4.78, 5) is 26.5. The molecule has 7 heteroatoms. The number of amides is 3. The zero-order valence-corrected chi connectivity index (χ0v) is 15.8. The number of nitrogens with one attached hydrogen (secondary N) is 3. The van der Waals surface area contributed by atoms with E-state index in [1.165, 1.54) is 4.88 Å². The summed E-state index contributed by atoms with van der Waals surface area (Å²) in [7, 11) is 0.